The lowest BCUT2D eigenvalue weighted by Crippen LogP contribution is -2.30. The zero-order valence-corrected chi connectivity index (χ0v) is 10.7. The van der Waals surface area contributed by atoms with Crippen molar-refractivity contribution in [3.8, 4) is 0 Å². The number of nitrogens with one attached hydrogen (secondary N) is 1. The maximum atomic E-state index is 5.87. The summed E-state index contributed by atoms with van der Waals surface area (Å²) in [4.78, 5) is 0. The Bertz CT molecular complexity index is 362. The summed E-state index contributed by atoms with van der Waals surface area (Å²) in [5.41, 5.74) is 0.293. The molecule has 2 rings (SSSR count). The van der Waals surface area contributed by atoms with E-state index in [0.717, 1.165) is 6.42 Å². The molecule has 1 aromatic heterocycles. The summed E-state index contributed by atoms with van der Waals surface area (Å²) in [5, 5.41) is 10.9. The van der Waals surface area contributed by atoms with Crippen molar-refractivity contribution in [3.05, 3.63) is 5.89 Å². The van der Waals surface area contributed by atoms with Crippen LogP contribution < -0.4 is 5.32 Å². The zero-order chi connectivity index (χ0) is 11.8. The smallest absolute Gasteiger partial charge is 0.315 e. The number of aromatic nitrogens is 2. The van der Waals surface area contributed by atoms with E-state index in [1.165, 1.54) is 12.8 Å². The van der Waals surface area contributed by atoms with Gasteiger partial charge in [0.1, 0.15) is 5.38 Å². The van der Waals surface area contributed by atoms with E-state index in [2.05, 4.69) is 29.4 Å². The van der Waals surface area contributed by atoms with Crippen molar-refractivity contribution in [1.29, 1.82) is 0 Å². The second-order valence-electron chi connectivity index (χ2n) is 5.14. The third kappa shape index (κ3) is 2.32. The Morgan fingerprint density at radius 3 is 2.75 bits per heavy atom. The van der Waals surface area contributed by atoms with Gasteiger partial charge in [-0.1, -0.05) is 25.4 Å². The molecule has 2 unspecified atom stereocenters. The predicted octanol–water partition coefficient (Wildman–Crippen LogP) is 3.36. The SMILES string of the molecule is CC(Cl)c1nnc(NC2CCCC2(C)C)o1. The third-order valence-corrected chi connectivity index (χ3v) is 3.52. The first-order valence-corrected chi connectivity index (χ1v) is 6.17. The normalized spacial score (nSPS) is 25.6. The monoisotopic (exact) mass is 243 g/mol. The van der Waals surface area contributed by atoms with Crippen LogP contribution in [0.2, 0.25) is 0 Å². The van der Waals surface area contributed by atoms with Gasteiger partial charge in [0.15, 0.2) is 0 Å². The molecule has 1 aliphatic carbocycles. The lowest BCUT2D eigenvalue weighted by atomic mass is 9.87. The minimum absolute atomic E-state index is 0.236. The van der Waals surface area contributed by atoms with Crippen LogP contribution in [0, 0.1) is 5.41 Å². The number of anilines is 1. The highest BCUT2D eigenvalue weighted by Gasteiger charge is 2.35. The first kappa shape index (κ1) is 11.7. The fraction of sp³-hybridized carbons (Fsp3) is 0.818. The van der Waals surface area contributed by atoms with Crippen LogP contribution in [-0.4, -0.2) is 16.2 Å². The molecule has 1 aliphatic rings. The van der Waals surface area contributed by atoms with E-state index >= 15 is 0 Å². The quantitative estimate of drug-likeness (QED) is 0.827. The van der Waals surface area contributed by atoms with E-state index in [1.807, 2.05) is 6.92 Å². The fourth-order valence-corrected chi connectivity index (χ4v) is 2.29. The fourth-order valence-electron chi connectivity index (χ4n) is 2.20. The number of alkyl halides is 1. The van der Waals surface area contributed by atoms with Gasteiger partial charge < -0.3 is 9.73 Å². The number of rotatable bonds is 3. The number of hydrogen-bond donors (Lipinski definition) is 1. The Morgan fingerprint density at radius 2 is 2.25 bits per heavy atom. The van der Waals surface area contributed by atoms with E-state index in [1.54, 1.807) is 0 Å². The van der Waals surface area contributed by atoms with Crippen molar-refractivity contribution in [3.63, 3.8) is 0 Å². The molecule has 0 aromatic carbocycles. The third-order valence-electron chi connectivity index (χ3n) is 3.34. The van der Waals surface area contributed by atoms with Gasteiger partial charge >= 0.3 is 6.01 Å². The Balaban J connectivity index is 2.03. The molecule has 0 spiro atoms. The van der Waals surface area contributed by atoms with E-state index in [-0.39, 0.29) is 5.38 Å². The van der Waals surface area contributed by atoms with Crippen LogP contribution in [0.25, 0.3) is 0 Å². The van der Waals surface area contributed by atoms with Crippen LogP contribution >= 0.6 is 11.6 Å². The molecule has 90 valence electrons. The second-order valence-corrected chi connectivity index (χ2v) is 5.79. The number of halogens is 1. The van der Waals surface area contributed by atoms with E-state index in [4.69, 9.17) is 16.0 Å². The van der Waals surface area contributed by atoms with Gasteiger partial charge in [0.05, 0.1) is 0 Å². The molecule has 1 N–H and O–H groups in total. The van der Waals surface area contributed by atoms with Crippen molar-refractivity contribution in [2.45, 2.75) is 51.5 Å². The van der Waals surface area contributed by atoms with E-state index in [0.29, 0.717) is 23.4 Å². The minimum atomic E-state index is -0.236. The Morgan fingerprint density at radius 1 is 1.50 bits per heavy atom. The van der Waals surface area contributed by atoms with Gasteiger partial charge in [-0.2, -0.15) is 0 Å². The predicted molar refractivity (Wildman–Crippen MR) is 63.6 cm³/mol. The van der Waals surface area contributed by atoms with Gasteiger partial charge in [0.2, 0.25) is 5.89 Å². The number of nitrogens with zero attached hydrogens (tertiary/aromatic N) is 2. The van der Waals surface area contributed by atoms with Crippen LogP contribution in [0.3, 0.4) is 0 Å². The molecule has 0 amide bonds. The van der Waals surface area contributed by atoms with E-state index < -0.39 is 0 Å². The average molecular weight is 244 g/mol. The first-order chi connectivity index (χ1) is 7.49. The molecule has 1 heterocycles. The zero-order valence-electron chi connectivity index (χ0n) is 9.96. The van der Waals surface area contributed by atoms with Gasteiger partial charge in [-0.25, -0.2) is 0 Å². The minimum Gasteiger partial charge on any atom is -0.406 e. The maximum Gasteiger partial charge on any atom is 0.315 e. The molecule has 0 saturated heterocycles. The topological polar surface area (TPSA) is 51.0 Å². The van der Waals surface area contributed by atoms with Gasteiger partial charge in [-0.05, 0) is 25.2 Å². The molecule has 0 radical (unpaired) electrons. The Labute approximate surface area is 101 Å². The van der Waals surface area contributed by atoms with Crippen molar-refractivity contribution < 1.29 is 4.42 Å². The molecule has 1 saturated carbocycles. The molecule has 5 heteroatoms. The number of hydrogen-bond acceptors (Lipinski definition) is 4. The van der Waals surface area contributed by atoms with Crippen LogP contribution in [0.1, 0.15) is 51.3 Å². The largest absolute Gasteiger partial charge is 0.406 e. The summed E-state index contributed by atoms with van der Waals surface area (Å²) >= 11 is 5.87. The lowest BCUT2D eigenvalue weighted by Gasteiger charge is -2.26. The van der Waals surface area contributed by atoms with Crippen LogP contribution in [-0.2, 0) is 0 Å². The van der Waals surface area contributed by atoms with E-state index in [9.17, 15) is 0 Å². The molecular weight excluding hydrogens is 226 g/mol. The summed E-state index contributed by atoms with van der Waals surface area (Å²) in [6.45, 7) is 6.34. The van der Waals surface area contributed by atoms with Crippen molar-refractivity contribution >= 4 is 17.6 Å². The summed E-state index contributed by atoms with van der Waals surface area (Å²) in [6.07, 6.45) is 3.64. The van der Waals surface area contributed by atoms with Crippen LogP contribution in [0.5, 0.6) is 0 Å². The highest BCUT2D eigenvalue weighted by molar-refractivity contribution is 6.20. The summed E-state index contributed by atoms with van der Waals surface area (Å²) < 4.78 is 5.44. The molecule has 1 fully saturated rings. The highest BCUT2D eigenvalue weighted by atomic mass is 35.5. The first-order valence-electron chi connectivity index (χ1n) is 5.73. The average Bonchev–Trinajstić information content (AvgIpc) is 2.75. The molecule has 0 bridgehead atoms. The molecule has 16 heavy (non-hydrogen) atoms. The highest BCUT2D eigenvalue weighted by Crippen LogP contribution is 2.38. The van der Waals surface area contributed by atoms with Gasteiger partial charge in [0, 0.05) is 6.04 Å². The van der Waals surface area contributed by atoms with Gasteiger partial charge in [-0.15, -0.1) is 16.7 Å². The lowest BCUT2D eigenvalue weighted by molar-refractivity contribution is 0.343. The Hall–Kier alpha value is -0.770. The molecule has 2 atom stereocenters. The summed E-state index contributed by atoms with van der Waals surface area (Å²) in [7, 11) is 0. The van der Waals surface area contributed by atoms with Gasteiger partial charge in [-0.3, -0.25) is 0 Å². The van der Waals surface area contributed by atoms with Crippen molar-refractivity contribution in [2.24, 2.45) is 5.41 Å². The second kappa shape index (κ2) is 4.24. The standard InChI is InChI=1S/C11H18ClN3O/c1-7(12)9-14-15-10(16-9)13-8-5-4-6-11(8,2)3/h7-8H,4-6H2,1-3H3,(H,13,15). The summed E-state index contributed by atoms with van der Waals surface area (Å²) in [5.74, 6) is 0.472. The van der Waals surface area contributed by atoms with Gasteiger partial charge in [0.25, 0.3) is 0 Å². The van der Waals surface area contributed by atoms with Crippen molar-refractivity contribution in [2.75, 3.05) is 5.32 Å². The summed E-state index contributed by atoms with van der Waals surface area (Å²) in [6, 6.07) is 0.897. The maximum absolute atomic E-state index is 5.87. The van der Waals surface area contributed by atoms with Crippen LogP contribution in [0.15, 0.2) is 4.42 Å². The molecule has 1 aromatic rings. The Kier molecular flexibility index (Phi) is 3.10. The van der Waals surface area contributed by atoms with Crippen molar-refractivity contribution in [1.82, 2.24) is 10.2 Å². The molecule has 0 aliphatic heterocycles. The molecular formula is C11H18ClN3O. The molecule has 4 nitrogen and oxygen atoms in total. The van der Waals surface area contributed by atoms with Crippen LogP contribution in [0.4, 0.5) is 6.01 Å².